The molecule has 0 fully saturated rings. The number of carbonyl (C=O) groups is 2. The molecule has 7 nitrogen and oxygen atoms in total. The number of hydrogen-bond acceptors (Lipinski definition) is 5. The summed E-state index contributed by atoms with van der Waals surface area (Å²) in [6.45, 7) is 0.417. The first-order chi connectivity index (χ1) is 13.6. The predicted octanol–water partition coefficient (Wildman–Crippen LogP) is 1.90. The molecule has 0 atom stereocenters. The number of aromatic nitrogens is 1. The van der Waals surface area contributed by atoms with Crippen LogP contribution in [0.4, 0.5) is 0 Å². The molecule has 0 saturated heterocycles. The van der Waals surface area contributed by atoms with Crippen LogP contribution in [0.3, 0.4) is 0 Å². The Kier molecular flexibility index (Phi) is 8.78. The topological polar surface area (TPSA) is 89.5 Å². The molecule has 1 aromatic carbocycles. The smallest absolute Gasteiger partial charge is 0.239 e. The number of nitrogens with zero attached hydrogens (tertiary/aromatic N) is 1. The summed E-state index contributed by atoms with van der Waals surface area (Å²) in [5.41, 5.74) is 2.04. The summed E-state index contributed by atoms with van der Waals surface area (Å²) >= 11 is 0. The molecule has 0 aliphatic carbocycles. The maximum atomic E-state index is 11.9. The standard InChI is InChI=1S/C21H27N3O4/c1-27-18-8-9-19(28-2)17(13-18)10-12-23-21(26)15-24-20(25)7-3-5-16-6-4-11-22-14-16/h4,6,8-9,11,13-14H,3,5,7,10,12,15H2,1-2H3,(H,23,26)(H,24,25). The molecule has 7 heteroatoms. The Morgan fingerprint density at radius 2 is 1.89 bits per heavy atom. The average molecular weight is 385 g/mol. The van der Waals surface area contributed by atoms with Crippen molar-refractivity contribution in [3.63, 3.8) is 0 Å². The Bertz CT molecular complexity index is 766. The molecular formula is C21H27N3O4. The first-order valence-electron chi connectivity index (χ1n) is 9.25. The Morgan fingerprint density at radius 3 is 2.61 bits per heavy atom. The molecular weight excluding hydrogens is 358 g/mol. The van der Waals surface area contributed by atoms with E-state index in [0.717, 1.165) is 35.5 Å². The Balaban J connectivity index is 1.64. The van der Waals surface area contributed by atoms with Gasteiger partial charge < -0.3 is 20.1 Å². The molecule has 0 radical (unpaired) electrons. The molecule has 2 amide bonds. The number of benzene rings is 1. The van der Waals surface area contributed by atoms with E-state index in [1.165, 1.54) is 0 Å². The quantitative estimate of drug-likeness (QED) is 0.617. The normalized spacial score (nSPS) is 10.2. The summed E-state index contributed by atoms with van der Waals surface area (Å²) in [6.07, 6.45) is 6.00. The second kappa shape index (κ2) is 11.6. The third kappa shape index (κ3) is 7.26. The molecule has 1 aromatic heterocycles. The highest BCUT2D eigenvalue weighted by atomic mass is 16.5. The summed E-state index contributed by atoms with van der Waals surface area (Å²) in [5.74, 6) is 1.13. The molecule has 0 bridgehead atoms. The van der Waals surface area contributed by atoms with Crippen molar-refractivity contribution in [2.24, 2.45) is 0 Å². The summed E-state index contributed by atoms with van der Waals surface area (Å²) in [5, 5.41) is 5.45. The molecule has 0 spiro atoms. The van der Waals surface area contributed by atoms with Gasteiger partial charge in [-0.15, -0.1) is 0 Å². The lowest BCUT2D eigenvalue weighted by molar-refractivity contribution is -0.126. The van der Waals surface area contributed by atoms with Gasteiger partial charge in [-0.05, 0) is 54.7 Å². The van der Waals surface area contributed by atoms with E-state index in [2.05, 4.69) is 15.6 Å². The van der Waals surface area contributed by atoms with E-state index >= 15 is 0 Å². The number of pyridine rings is 1. The van der Waals surface area contributed by atoms with Gasteiger partial charge in [0.25, 0.3) is 0 Å². The average Bonchev–Trinajstić information content (AvgIpc) is 2.73. The Labute approximate surface area is 165 Å². The summed E-state index contributed by atoms with van der Waals surface area (Å²) in [7, 11) is 3.21. The predicted molar refractivity (Wildman–Crippen MR) is 106 cm³/mol. The van der Waals surface area contributed by atoms with Crippen LogP contribution in [0, 0.1) is 0 Å². The lowest BCUT2D eigenvalue weighted by Crippen LogP contribution is -2.37. The summed E-state index contributed by atoms with van der Waals surface area (Å²) in [6, 6.07) is 9.40. The minimum absolute atomic E-state index is 0.0268. The van der Waals surface area contributed by atoms with Crippen molar-refractivity contribution in [2.75, 3.05) is 27.3 Å². The van der Waals surface area contributed by atoms with E-state index in [1.54, 1.807) is 26.6 Å². The van der Waals surface area contributed by atoms with Crippen LogP contribution in [0.2, 0.25) is 0 Å². The van der Waals surface area contributed by atoms with Crippen molar-refractivity contribution in [3.8, 4) is 11.5 Å². The summed E-state index contributed by atoms with van der Waals surface area (Å²) < 4.78 is 10.5. The number of hydrogen-bond donors (Lipinski definition) is 2. The van der Waals surface area contributed by atoms with Crippen molar-refractivity contribution in [3.05, 3.63) is 53.9 Å². The van der Waals surface area contributed by atoms with Gasteiger partial charge in [0, 0.05) is 25.4 Å². The fourth-order valence-electron chi connectivity index (χ4n) is 2.74. The zero-order valence-electron chi connectivity index (χ0n) is 16.4. The van der Waals surface area contributed by atoms with Crippen LogP contribution in [0.5, 0.6) is 11.5 Å². The lowest BCUT2D eigenvalue weighted by atomic mass is 10.1. The molecule has 0 saturated carbocycles. The van der Waals surface area contributed by atoms with Crippen LogP contribution in [0.15, 0.2) is 42.7 Å². The first kappa shape index (κ1) is 21.2. The number of ether oxygens (including phenoxy) is 2. The number of carbonyl (C=O) groups excluding carboxylic acids is 2. The second-order valence-corrected chi connectivity index (χ2v) is 6.27. The van der Waals surface area contributed by atoms with Gasteiger partial charge in [0.15, 0.2) is 0 Å². The van der Waals surface area contributed by atoms with Crippen LogP contribution in [-0.4, -0.2) is 44.1 Å². The lowest BCUT2D eigenvalue weighted by Gasteiger charge is -2.11. The Morgan fingerprint density at radius 1 is 1.04 bits per heavy atom. The monoisotopic (exact) mass is 385 g/mol. The molecule has 2 rings (SSSR count). The molecule has 0 unspecified atom stereocenters. The number of rotatable bonds is 11. The molecule has 150 valence electrons. The van der Waals surface area contributed by atoms with E-state index in [0.29, 0.717) is 19.4 Å². The van der Waals surface area contributed by atoms with E-state index in [9.17, 15) is 9.59 Å². The van der Waals surface area contributed by atoms with Gasteiger partial charge in [0.1, 0.15) is 11.5 Å². The minimum Gasteiger partial charge on any atom is -0.497 e. The minimum atomic E-state index is -0.220. The SMILES string of the molecule is COc1ccc(OC)c(CCNC(=O)CNC(=O)CCCc2cccnc2)c1. The fourth-order valence-corrected chi connectivity index (χ4v) is 2.74. The number of amides is 2. The van der Waals surface area contributed by atoms with E-state index in [-0.39, 0.29) is 18.4 Å². The van der Waals surface area contributed by atoms with Gasteiger partial charge in [-0.2, -0.15) is 0 Å². The number of nitrogens with one attached hydrogen (secondary N) is 2. The van der Waals surface area contributed by atoms with Crippen LogP contribution in [0.25, 0.3) is 0 Å². The van der Waals surface area contributed by atoms with E-state index < -0.39 is 0 Å². The highest BCUT2D eigenvalue weighted by Crippen LogP contribution is 2.24. The van der Waals surface area contributed by atoms with Crippen molar-refractivity contribution < 1.29 is 19.1 Å². The van der Waals surface area contributed by atoms with Crippen molar-refractivity contribution in [2.45, 2.75) is 25.7 Å². The Hall–Kier alpha value is -3.09. The van der Waals surface area contributed by atoms with Gasteiger partial charge >= 0.3 is 0 Å². The maximum absolute atomic E-state index is 11.9. The first-order valence-corrected chi connectivity index (χ1v) is 9.25. The number of methoxy groups -OCH3 is 2. The molecule has 0 aliphatic heterocycles. The highest BCUT2D eigenvalue weighted by molar-refractivity contribution is 5.84. The third-order valence-corrected chi connectivity index (χ3v) is 4.24. The highest BCUT2D eigenvalue weighted by Gasteiger charge is 2.08. The van der Waals surface area contributed by atoms with Crippen LogP contribution >= 0.6 is 0 Å². The van der Waals surface area contributed by atoms with E-state index in [4.69, 9.17) is 9.47 Å². The molecule has 1 heterocycles. The second-order valence-electron chi connectivity index (χ2n) is 6.27. The van der Waals surface area contributed by atoms with Crippen LogP contribution in [-0.2, 0) is 22.4 Å². The van der Waals surface area contributed by atoms with Crippen molar-refractivity contribution >= 4 is 11.8 Å². The van der Waals surface area contributed by atoms with Gasteiger partial charge in [-0.1, -0.05) is 6.07 Å². The maximum Gasteiger partial charge on any atom is 0.239 e. The van der Waals surface area contributed by atoms with Crippen LogP contribution in [0.1, 0.15) is 24.0 Å². The van der Waals surface area contributed by atoms with Crippen molar-refractivity contribution in [1.29, 1.82) is 0 Å². The van der Waals surface area contributed by atoms with Gasteiger partial charge in [0.2, 0.25) is 11.8 Å². The zero-order chi connectivity index (χ0) is 20.2. The van der Waals surface area contributed by atoms with Crippen molar-refractivity contribution in [1.82, 2.24) is 15.6 Å². The van der Waals surface area contributed by atoms with Gasteiger partial charge in [-0.3, -0.25) is 14.6 Å². The van der Waals surface area contributed by atoms with Crippen LogP contribution < -0.4 is 20.1 Å². The van der Waals surface area contributed by atoms with E-state index in [1.807, 2.05) is 30.3 Å². The molecule has 0 aliphatic rings. The largest absolute Gasteiger partial charge is 0.497 e. The van der Waals surface area contributed by atoms with Gasteiger partial charge in [0.05, 0.1) is 20.8 Å². The number of aryl methyl sites for hydroxylation is 1. The zero-order valence-corrected chi connectivity index (χ0v) is 16.4. The molecule has 2 N–H and O–H groups in total. The molecule has 2 aromatic rings. The van der Waals surface area contributed by atoms with Gasteiger partial charge in [-0.25, -0.2) is 0 Å². The summed E-state index contributed by atoms with van der Waals surface area (Å²) in [4.78, 5) is 27.8. The molecule has 28 heavy (non-hydrogen) atoms. The fraction of sp³-hybridized carbons (Fsp3) is 0.381. The third-order valence-electron chi connectivity index (χ3n) is 4.24.